The largest absolute Gasteiger partial charge is 0.393 e. The van der Waals surface area contributed by atoms with Gasteiger partial charge in [-0.2, -0.15) is 0 Å². The van der Waals surface area contributed by atoms with Crippen LogP contribution in [0.2, 0.25) is 0 Å². The van der Waals surface area contributed by atoms with Gasteiger partial charge >= 0.3 is 0 Å². The molecule has 10 heavy (non-hydrogen) atoms. The van der Waals surface area contributed by atoms with Gasteiger partial charge in [0.05, 0.1) is 12.3 Å². The Morgan fingerprint density at radius 3 is 2.70 bits per heavy atom. The van der Waals surface area contributed by atoms with Gasteiger partial charge in [-0.1, -0.05) is 5.16 Å². The van der Waals surface area contributed by atoms with Gasteiger partial charge < -0.3 is 9.94 Å². The van der Waals surface area contributed by atoms with E-state index in [1.807, 2.05) is 0 Å². The van der Waals surface area contributed by atoms with E-state index in [2.05, 4.69) is 5.16 Å². The molecular weight excluding hydrogens is 130 g/mol. The zero-order valence-electron chi connectivity index (χ0n) is 6.05. The third-order valence-corrected chi connectivity index (χ3v) is 1.56. The highest BCUT2D eigenvalue weighted by Gasteiger charge is 2.07. The summed E-state index contributed by atoms with van der Waals surface area (Å²) in [6.45, 7) is 0.375. The van der Waals surface area contributed by atoms with Gasteiger partial charge in [0.25, 0.3) is 0 Å². The molecule has 1 aliphatic carbocycles. The molecule has 0 saturated heterocycles. The third-order valence-electron chi connectivity index (χ3n) is 1.56. The van der Waals surface area contributed by atoms with Gasteiger partial charge in [0.1, 0.15) is 6.61 Å². The van der Waals surface area contributed by atoms with Crippen molar-refractivity contribution in [2.45, 2.75) is 25.7 Å². The van der Waals surface area contributed by atoms with Crippen LogP contribution in [-0.4, -0.2) is 24.0 Å². The Hall–Kier alpha value is -0.570. The first-order valence-corrected chi connectivity index (χ1v) is 3.72. The van der Waals surface area contributed by atoms with E-state index in [4.69, 9.17) is 9.94 Å². The number of oxime groups is 1. The Morgan fingerprint density at radius 1 is 1.40 bits per heavy atom. The molecule has 0 aliphatic heterocycles. The lowest BCUT2D eigenvalue weighted by molar-refractivity contribution is 0.0980. The van der Waals surface area contributed by atoms with Crippen LogP contribution in [0.3, 0.4) is 0 Å². The average Bonchev–Trinajstić information content (AvgIpc) is 2.41. The second kappa shape index (κ2) is 4.28. The molecule has 0 atom stereocenters. The number of hydrogen-bond donors (Lipinski definition) is 1. The summed E-state index contributed by atoms with van der Waals surface area (Å²) in [6, 6.07) is 0. The molecule has 0 radical (unpaired) electrons. The van der Waals surface area contributed by atoms with Crippen molar-refractivity contribution in [3.05, 3.63) is 0 Å². The number of hydrogen-bond acceptors (Lipinski definition) is 3. The van der Waals surface area contributed by atoms with Crippen molar-refractivity contribution in [2.24, 2.45) is 5.16 Å². The molecule has 0 amide bonds. The first-order chi connectivity index (χ1) is 4.93. The van der Waals surface area contributed by atoms with Crippen LogP contribution in [-0.2, 0) is 4.84 Å². The normalized spacial score (nSPS) is 17.5. The van der Waals surface area contributed by atoms with Crippen molar-refractivity contribution in [1.29, 1.82) is 0 Å². The highest BCUT2D eigenvalue weighted by Crippen LogP contribution is 2.14. The van der Waals surface area contributed by atoms with Gasteiger partial charge in [-0.3, -0.25) is 0 Å². The summed E-state index contributed by atoms with van der Waals surface area (Å²) in [4.78, 5) is 4.80. The molecule has 0 aromatic carbocycles. The molecule has 1 fully saturated rings. The van der Waals surface area contributed by atoms with Crippen molar-refractivity contribution < 1.29 is 9.94 Å². The van der Waals surface area contributed by atoms with Gasteiger partial charge in [-0.05, 0) is 25.7 Å². The fourth-order valence-electron chi connectivity index (χ4n) is 1.05. The van der Waals surface area contributed by atoms with Crippen LogP contribution in [0.5, 0.6) is 0 Å². The van der Waals surface area contributed by atoms with Crippen LogP contribution in [0, 0.1) is 0 Å². The lowest BCUT2D eigenvalue weighted by atomic mass is 10.3. The molecule has 1 saturated carbocycles. The van der Waals surface area contributed by atoms with E-state index < -0.39 is 0 Å². The van der Waals surface area contributed by atoms with Crippen molar-refractivity contribution in [1.82, 2.24) is 0 Å². The van der Waals surface area contributed by atoms with E-state index in [0.29, 0.717) is 6.61 Å². The minimum Gasteiger partial charge on any atom is -0.393 e. The minimum absolute atomic E-state index is 0.0524. The van der Waals surface area contributed by atoms with Crippen LogP contribution in [0.25, 0.3) is 0 Å². The first-order valence-electron chi connectivity index (χ1n) is 3.72. The molecule has 1 rings (SSSR count). The van der Waals surface area contributed by atoms with Crippen LogP contribution < -0.4 is 0 Å². The molecule has 0 unspecified atom stereocenters. The summed E-state index contributed by atoms with van der Waals surface area (Å²) in [6.07, 6.45) is 4.62. The molecular formula is C7H13NO2. The Labute approximate surface area is 60.7 Å². The number of rotatable bonds is 3. The summed E-state index contributed by atoms with van der Waals surface area (Å²) >= 11 is 0. The van der Waals surface area contributed by atoms with Crippen molar-refractivity contribution in [3.63, 3.8) is 0 Å². The average molecular weight is 143 g/mol. The second-order valence-corrected chi connectivity index (χ2v) is 2.42. The predicted molar refractivity (Wildman–Crippen MR) is 38.9 cm³/mol. The molecule has 0 aromatic heterocycles. The zero-order chi connectivity index (χ0) is 7.23. The van der Waals surface area contributed by atoms with E-state index in [0.717, 1.165) is 18.6 Å². The van der Waals surface area contributed by atoms with Crippen LogP contribution in [0.1, 0.15) is 25.7 Å². The zero-order valence-corrected chi connectivity index (χ0v) is 6.05. The molecule has 0 heterocycles. The molecule has 3 heteroatoms. The molecule has 0 aromatic rings. The van der Waals surface area contributed by atoms with Gasteiger partial charge in [0, 0.05) is 0 Å². The van der Waals surface area contributed by atoms with Crippen LogP contribution >= 0.6 is 0 Å². The number of nitrogens with zero attached hydrogens (tertiary/aromatic N) is 1. The standard InChI is InChI=1S/C7H13NO2/c9-5-6-10-8-7-3-1-2-4-7/h9H,1-6H2. The SMILES string of the molecule is OCCON=C1CCCC1. The lowest BCUT2D eigenvalue weighted by Gasteiger charge is -1.95. The Kier molecular flexibility index (Phi) is 3.22. The summed E-state index contributed by atoms with van der Waals surface area (Å²) in [5, 5.41) is 12.2. The van der Waals surface area contributed by atoms with Crippen LogP contribution in [0.15, 0.2) is 5.16 Å². The maximum Gasteiger partial charge on any atom is 0.140 e. The smallest absolute Gasteiger partial charge is 0.140 e. The lowest BCUT2D eigenvalue weighted by Crippen LogP contribution is -1.96. The molecule has 0 bridgehead atoms. The fraction of sp³-hybridized carbons (Fsp3) is 0.857. The van der Waals surface area contributed by atoms with Crippen LogP contribution in [0.4, 0.5) is 0 Å². The quantitative estimate of drug-likeness (QED) is 0.471. The highest BCUT2D eigenvalue weighted by atomic mass is 16.6. The van der Waals surface area contributed by atoms with Crippen molar-refractivity contribution >= 4 is 5.71 Å². The van der Waals surface area contributed by atoms with Crippen molar-refractivity contribution in [2.75, 3.05) is 13.2 Å². The summed E-state index contributed by atoms with van der Waals surface area (Å²) < 4.78 is 0. The van der Waals surface area contributed by atoms with Gasteiger partial charge in [-0.15, -0.1) is 0 Å². The van der Waals surface area contributed by atoms with E-state index in [1.165, 1.54) is 12.8 Å². The predicted octanol–water partition coefficient (Wildman–Crippen LogP) is 0.925. The summed E-state index contributed by atoms with van der Waals surface area (Å²) in [5.74, 6) is 0. The highest BCUT2D eigenvalue weighted by molar-refractivity contribution is 5.85. The Morgan fingerprint density at radius 2 is 2.10 bits per heavy atom. The van der Waals surface area contributed by atoms with Crippen molar-refractivity contribution in [3.8, 4) is 0 Å². The van der Waals surface area contributed by atoms with Gasteiger partial charge in [-0.25, -0.2) is 0 Å². The maximum atomic E-state index is 8.35. The summed E-state index contributed by atoms with van der Waals surface area (Å²) in [7, 11) is 0. The minimum atomic E-state index is 0.0524. The van der Waals surface area contributed by atoms with E-state index in [9.17, 15) is 0 Å². The first kappa shape index (κ1) is 7.54. The Bertz CT molecular complexity index is 115. The van der Waals surface area contributed by atoms with Gasteiger partial charge in [0.2, 0.25) is 0 Å². The monoisotopic (exact) mass is 143 g/mol. The molecule has 3 nitrogen and oxygen atoms in total. The van der Waals surface area contributed by atoms with E-state index >= 15 is 0 Å². The van der Waals surface area contributed by atoms with E-state index in [-0.39, 0.29) is 6.61 Å². The summed E-state index contributed by atoms with van der Waals surface area (Å²) in [5.41, 5.74) is 1.15. The third kappa shape index (κ3) is 2.35. The fourth-order valence-corrected chi connectivity index (χ4v) is 1.05. The van der Waals surface area contributed by atoms with Gasteiger partial charge in [0.15, 0.2) is 0 Å². The molecule has 0 spiro atoms. The molecule has 1 aliphatic rings. The maximum absolute atomic E-state index is 8.35. The molecule has 58 valence electrons. The Balaban J connectivity index is 2.12. The molecule has 1 N–H and O–H groups in total. The number of aliphatic hydroxyl groups is 1. The number of aliphatic hydroxyl groups excluding tert-OH is 1. The van der Waals surface area contributed by atoms with E-state index in [1.54, 1.807) is 0 Å². The second-order valence-electron chi connectivity index (χ2n) is 2.42. The topological polar surface area (TPSA) is 41.8 Å².